The summed E-state index contributed by atoms with van der Waals surface area (Å²) in [6.45, 7) is 0.794. The van der Waals surface area contributed by atoms with Crippen molar-refractivity contribution in [3.63, 3.8) is 0 Å². The molecule has 0 N–H and O–H groups in total. The van der Waals surface area contributed by atoms with Crippen molar-refractivity contribution in [3.05, 3.63) is 24.0 Å². The molecular weight excluding hydrogens is 272 g/mol. The van der Waals surface area contributed by atoms with Gasteiger partial charge in [-0.1, -0.05) is 53.1 Å². The van der Waals surface area contributed by atoms with Gasteiger partial charge >= 0.3 is 0 Å². The first-order valence-electron chi connectivity index (χ1n) is 5.43. The van der Waals surface area contributed by atoms with Crippen molar-refractivity contribution >= 4 is 33.0 Å². The van der Waals surface area contributed by atoms with Crippen LogP contribution in [0.3, 0.4) is 0 Å². The van der Waals surface area contributed by atoms with Gasteiger partial charge in [0.25, 0.3) is 0 Å². The Morgan fingerprint density at radius 3 is 2.80 bits per heavy atom. The van der Waals surface area contributed by atoms with Gasteiger partial charge in [0, 0.05) is 11.8 Å². The third-order valence-corrected chi connectivity index (χ3v) is 3.18. The van der Waals surface area contributed by atoms with Gasteiger partial charge in [0.2, 0.25) is 0 Å². The number of unbranched alkanes of at least 4 members (excludes halogenated alkanes) is 3. The molecule has 0 aliphatic heterocycles. The third kappa shape index (κ3) is 5.47. The van der Waals surface area contributed by atoms with Gasteiger partial charge in [0.05, 0.1) is 11.5 Å². The summed E-state index contributed by atoms with van der Waals surface area (Å²) in [6.07, 6.45) is 11.8. The molecule has 0 amide bonds. The van der Waals surface area contributed by atoms with E-state index < -0.39 is 0 Å². The average molecular weight is 289 g/mol. The van der Waals surface area contributed by atoms with Gasteiger partial charge in [-0.3, -0.25) is 0 Å². The van der Waals surface area contributed by atoms with E-state index in [4.69, 9.17) is 17.0 Å². The Morgan fingerprint density at radius 2 is 2.07 bits per heavy atom. The Morgan fingerprint density at radius 1 is 1.27 bits per heavy atom. The fraction of sp³-hybridized carbons (Fsp3) is 0.583. The van der Waals surface area contributed by atoms with Crippen molar-refractivity contribution in [3.8, 4) is 0 Å². The standard InChI is InChI=1S/C12H17BrOS/c13-9-5-1-2-6-10-14-11-7-3-4-8-12(11)15/h3-4,7H,1-2,5-6,8-10H2. The number of ether oxygens (including phenoxy) is 1. The summed E-state index contributed by atoms with van der Waals surface area (Å²) >= 11 is 8.62. The number of allylic oxidation sites excluding steroid dienone is 4. The van der Waals surface area contributed by atoms with Crippen LogP contribution in [0.25, 0.3) is 0 Å². The molecular formula is C12H17BrOS. The van der Waals surface area contributed by atoms with Crippen LogP contribution in [-0.4, -0.2) is 16.8 Å². The van der Waals surface area contributed by atoms with E-state index in [2.05, 4.69) is 22.0 Å². The topological polar surface area (TPSA) is 9.23 Å². The number of thiocarbonyl (C=S) groups is 1. The zero-order valence-electron chi connectivity index (χ0n) is 8.88. The van der Waals surface area contributed by atoms with E-state index in [1.807, 2.05) is 12.2 Å². The quantitative estimate of drug-likeness (QED) is 0.395. The second kappa shape index (κ2) is 8.05. The molecule has 0 heterocycles. The number of hydrogen-bond donors (Lipinski definition) is 0. The fourth-order valence-electron chi connectivity index (χ4n) is 1.38. The first-order chi connectivity index (χ1) is 7.34. The zero-order chi connectivity index (χ0) is 10.9. The van der Waals surface area contributed by atoms with Gasteiger partial charge in [-0.2, -0.15) is 0 Å². The zero-order valence-corrected chi connectivity index (χ0v) is 11.3. The summed E-state index contributed by atoms with van der Waals surface area (Å²) in [5, 5.41) is 1.11. The van der Waals surface area contributed by atoms with Crippen LogP contribution < -0.4 is 0 Å². The number of alkyl halides is 1. The van der Waals surface area contributed by atoms with Gasteiger partial charge in [-0.05, 0) is 18.9 Å². The minimum absolute atomic E-state index is 0.794. The molecule has 1 nitrogen and oxygen atoms in total. The van der Waals surface area contributed by atoms with Gasteiger partial charge < -0.3 is 4.74 Å². The Kier molecular flexibility index (Phi) is 6.94. The predicted octanol–water partition coefficient (Wildman–Crippen LogP) is 4.17. The van der Waals surface area contributed by atoms with Crippen LogP contribution >= 0.6 is 28.1 Å². The number of hydrogen-bond acceptors (Lipinski definition) is 2. The van der Waals surface area contributed by atoms with E-state index in [9.17, 15) is 0 Å². The van der Waals surface area contributed by atoms with Crippen molar-refractivity contribution in [2.45, 2.75) is 32.1 Å². The van der Waals surface area contributed by atoms with E-state index in [0.29, 0.717) is 0 Å². The maximum absolute atomic E-state index is 5.63. The van der Waals surface area contributed by atoms with Crippen LogP contribution in [0.15, 0.2) is 24.0 Å². The summed E-state index contributed by atoms with van der Waals surface area (Å²) in [4.78, 5) is 0.929. The van der Waals surface area contributed by atoms with Crippen LogP contribution in [0.4, 0.5) is 0 Å². The molecule has 3 heteroatoms. The molecule has 0 aromatic heterocycles. The average Bonchev–Trinajstić information content (AvgIpc) is 2.25. The lowest BCUT2D eigenvalue weighted by molar-refractivity contribution is 0.223. The highest BCUT2D eigenvalue weighted by atomic mass is 79.9. The lowest BCUT2D eigenvalue weighted by atomic mass is 10.1. The van der Waals surface area contributed by atoms with Crippen LogP contribution in [0.5, 0.6) is 0 Å². The SMILES string of the molecule is S=C1CC=CC=C1OCCCCCCBr. The van der Waals surface area contributed by atoms with Crippen molar-refractivity contribution in [1.29, 1.82) is 0 Å². The molecule has 0 bridgehead atoms. The Bertz CT molecular complexity index is 258. The monoisotopic (exact) mass is 288 g/mol. The van der Waals surface area contributed by atoms with Crippen molar-refractivity contribution in [2.24, 2.45) is 0 Å². The molecule has 84 valence electrons. The molecule has 0 unspecified atom stereocenters. The molecule has 0 spiro atoms. The molecule has 0 atom stereocenters. The lowest BCUT2D eigenvalue weighted by Crippen LogP contribution is -2.06. The van der Waals surface area contributed by atoms with Crippen molar-refractivity contribution in [1.82, 2.24) is 0 Å². The molecule has 1 aliphatic carbocycles. The smallest absolute Gasteiger partial charge is 0.133 e. The molecule has 1 rings (SSSR count). The second-order valence-electron chi connectivity index (χ2n) is 3.54. The summed E-state index contributed by atoms with van der Waals surface area (Å²) < 4.78 is 5.63. The highest BCUT2D eigenvalue weighted by Gasteiger charge is 2.06. The lowest BCUT2D eigenvalue weighted by Gasteiger charge is -2.12. The molecule has 0 aromatic carbocycles. The summed E-state index contributed by atoms with van der Waals surface area (Å²) in [7, 11) is 0. The summed E-state index contributed by atoms with van der Waals surface area (Å²) in [5.74, 6) is 0.896. The number of halogens is 1. The first-order valence-corrected chi connectivity index (χ1v) is 6.96. The fourth-order valence-corrected chi connectivity index (χ4v) is 2.00. The first kappa shape index (κ1) is 12.9. The normalized spacial score (nSPS) is 15.3. The largest absolute Gasteiger partial charge is 0.492 e. The Labute approximate surface area is 106 Å². The van der Waals surface area contributed by atoms with Gasteiger partial charge in [-0.25, -0.2) is 0 Å². The number of rotatable bonds is 7. The van der Waals surface area contributed by atoms with Crippen molar-refractivity contribution in [2.75, 3.05) is 11.9 Å². The minimum Gasteiger partial charge on any atom is -0.492 e. The Balaban J connectivity index is 2.07. The van der Waals surface area contributed by atoms with Crippen LogP contribution in [0, 0.1) is 0 Å². The predicted molar refractivity (Wildman–Crippen MR) is 72.7 cm³/mol. The highest BCUT2D eigenvalue weighted by molar-refractivity contribution is 9.09. The van der Waals surface area contributed by atoms with Gasteiger partial charge in [-0.15, -0.1) is 0 Å². The van der Waals surface area contributed by atoms with Crippen molar-refractivity contribution < 1.29 is 4.74 Å². The molecule has 1 aliphatic rings. The molecule has 0 saturated heterocycles. The molecule has 0 aromatic rings. The maximum Gasteiger partial charge on any atom is 0.133 e. The molecule has 0 fully saturated rings. The summed E-state index contributed by atoms with van der Waals surface area (Å²) in [6, 6.07) is 0. The van der Waals surface area contributed by atoms with Crippen LogP contribution in [0.2, 0.25) is 0 Å². The van der Waals surface area contributed by atoms with Gasteiger partial charge in [0.15, 0.2) is 0 Å². The minimum atomic E-state index is 0.794. The third-order valence-electron chi connectivity index (χ3n) is 2.25. The Hall–Kier alpha value is -0.150. The molecule has 15 heavy (non-hydrogen) atoms. The van der Waals surface area contributed by atoms with Crippen LogP contribution in [0.1, 0.15) is 32.1 Å². The highest BCUT2D eigenvalue weighted by Crippen LogP contribution is 2.12. The molecule has 0 saturated carbocycles. The molecule has 0 radical (unpaired) electrons. The van der Waals surface area contributed by atoms with E-state index in [-0.39, 0.29) is 0 Å². The van der Waals surface area contributed by atoms with E-state index >= 15 is 0 Å². The van der Waals surface area contributed by atoms with Gasteiger partial charge in [0.1, 0.15) is 5.76 Å². The second-order valence-corrected chi connectivity index (χ2v) is 4.82. The summed E-state index contributed by atoms with van der Waals surface area (Å²) in [5.41, 5.74) is 0. The maximum atomic E-state index is 5.63. The van der Waals surface area contributed by atoms with E-state index in [1.165, 1.54) is 19.3 Å². The van der Waals surface area contributed by atoms with E-state index in [0.717, 1.165) is 35.4 Å². The van der Waals surface area contributed by atoms with E-state index in [1.54, 1.807) is 0 Å². The van der Waals surface area contributed by atoms with Crippen LogP contribution in [-0.2, 0) is 4.74 Å².